The highest BCUT2D eigenvalue weighted by atomic mass is 19.4. The van der Waals surface area contributed by atoms with Gasteiger partial charge in [-0.2, -0.15) is 18.3 Å². The van der Waals surface area contributed by atoms with Crippen molar-refractivity contribution in [2.24, 2.45) is 5.73 Å². The lowest BCUT2D eigenvalue weighted by molar-refractivity contribution is -0.137. The summed E-state index contributed by atoms with van der Waals surface area (Å²) < 4.78 is 40.5. The molecule has 114 valence electrons. The molecule has 0 aliphatic rings. The van der Waals surface area contributed by atoms with Crippen molar-refractivity contribution in [2.75, 3.05) is 18.4 Å². The summed E-state index contributed by atoms with van der Waals surface area (Å²) in [6, 6.07) is 5.39. The molecule has 0 unspecified atom stereocenters. The maximum absolute atomic E-state index is 13.1. The number of aromatic nitrogens is 2. The van der Waals surface area contributed by atoms with Gasteiger partial charge in [0.2, 0.25) is 0 Å². The second-order valence-electron chi connectivity index (χ2n) is 4.64. The molecule has 0 saturated heterocycles. The van der Waals surface area contributed by atoms with Crippen molar-refractivity contribution < 1.29 is 13.2 Å². The molecule has 0 saturated carbocycles. The number of halogens is 3. The molecular weight excluding hydrogens is 281 g/mol. The van der Waals surface area contributed by atoms with Crippen LogP contribution in [0.25, 0.3) is 5.69 Å². The van der Waals surface area contributed by atoms with Crippen LogP contribution in [0.5, 0.6) is 0 Å². The first-order valence-electron chi connectivity index (χ1n) is 6.60. The first kappa shape index (κ1) is 15.4. The van der Waals surface area contributed by atoms with Crippen LogP contribution in [0.3, 0.4) is 0 Å². The molecule has 2 rings (SSSR count). The summed E-state index contributed by atoms with van der Waals surface area (Å²) >= 11 is 0. The van der Waals surface area contributed by atoms with E-state index in [4.69, 9.17) is 5.73 Å². The Morgan fingerprint density at radius 2 is 2.00 bits per heavy atom. The van der Waals surface area contributed by atoms with Crippen molar-refractivity contribution in [3.05, 3.63) is 41.7 Å². The van der Waals surface area contributed by atoms with E-state index in [1.54, 1.807) is 13.0 Å². The summed E-state index contributed by atoms with van der Waals surface area (Å²) in [6.45, 7) is 2.94. The SMILES string of the molecule is Cc1c(NCCCN)cnn1-c1ccccc1C(F)(F)F. The molecule has 2 aromatic rings. The molecule has 0 fully saturated rings. The molecule has 1 aromatic carbocycles. The minimum atomic E-state index is -4.41. The number of nitrogens with two attached hydrogens (primary N) is 1. The maximum atomic E-state index is 13.1. The van der Waals surface area contributed by atoms with Gasteiger partial charge in [0, 0.05) is 6.54 Å². The Hall–Kier alpha value is -2.02. The fourth-order valence-corrected chi connectivity index (χ4v) is 2.05. The zero-order valence-electron chi connectivity index (χ0n) is 11.6. The molecule has 21 heavy (non-hydrogen) atoms. The summed E-state index contributed by atoms with van der Waals surface area (Å²) in [7, 11) is 0. The third-order valence-corrected chi connectivity index (χ3v) is 3.14. The van der Waals surface area contributed by atoms with Crippen molar-refractivity contribution in [1.82, 2.24) is 9.78 Å². The summed E-state index contributed by atoms with van der Waals surface area (Å²) in [5, 5.41) is 7.18. The van der Waals surface area contributed by atoms with Crippen LogP contribution >= 0.6 is 0 Å². The van der Waals surface area contributed by atoms with Gasteiger partial charge in [-0.15, -0.1) is 0 Å². The molecular formula is C14H17F3N4. The molecule has 0 amide bonds. The first-order chi connectivity index (χ1) is 9.95. The van der Waals surface area contributed by atoms with E-state index in [0.29, 0.717) is 24.5 Å². The number of alkyl halides is 3. The van der Waals surface area contributed by atoms with Crippen LogP contribution in [0.4, 0.5) is 18.9 Å². The fraction of sp³-hybridized carbons (Fsp3) is 0.357. The summed E-state index contributed by atoms with van der Waals surface area (Å²) in [5.74, 6) is 0. The van der Waals surface area contributed by atoms with Crippen LogP contribution in [0, 0.1) is 6.92 Å². The highest BCUT2D eigenvalue weighted by Gasteiger charge is 2.34. The van der Waals surface area contributed by atoms with Crippen molar-refractivity contribution >= 4 is 5.69 Å². The minimum Gasteiger partial charge on any atom is -0.382 e. The number of para-hydroxylation sites is 1. The molecule has 4 nitrogen and oxygen atoms in total. The lowest BCUT2D eigenvalue weighted by atomic mass is 10.1. The molecule has 1 aromatic heterocycles. The Morgan fingerprint density at radius 1 is 1.29 bits per heavy atom. The third kappa shape index (κ3) is 3.36. The molecule has 3 N–H and O–H groups in total. The van der Waals surface area contributed by atoms with Crippen molar-refractivity contribution in [3.63, 3.8) is 0 Å². The fourth-order valence-electron chi connectivity index (χ4n) is 2.05. The number of benzene rings is 1. The average molecular weight is 298 g/mol. The maximum Gasteiger partial charge on any atom is 0.418 e. The van der Waals surface area contributed by atoms with Crippen LogP contribution in [-0.2, 0) is 6.18 Å². The Kier molecular flexibility index (Phi) is 4.52. The first-order valence-corrected chi connectivity index (χ1v) is 6.60. The normalized spacial score (nSPS) is 11.7. The van der Waals surface area contributed by atoms with Crippen LogP contribution in [0.2, 0.25) is 0 Å². The zero-order valence-corrected chi connectivity index (χ0v) is 11.6. The van der Waals surface area contributed by atoms with Gasteiger partial charge in [0.05, 0.1) is 28.8 Å². The topological polar surface area (TPSA) is 55.9 Å². The van der Waals surface area contributed by atoms with Gasteiger partial charge in [0.1, 0.15) is 0 Å². The van der Waals surface area contributed by atoms with Gasteiger partial charge in [-0.25, -0.2) is 4.68 Å². The molecule has 0 atom stereocenters. The van der Waals surface area contributed by atoms with E-state index in [1.165, 1.54) is 23.0 Å². The lowest BCUT2D eigenvalue weighted by Gasteiger charge is -2.14. The van der Waals surface area contributed by atoms with Gasteiger partial charge in [0.25, 0.3) is 0 Å². The van der Waals surface area contributed by atoms with E-state index in [2.05, 4.69) is 10.4 Å². The van der Waals surface area contributed by atoms with Gasteiger partial charge in [-0.05, 0) is 32.0 Å². The van der Waals surface area contributed by atoms with Gasteiger partial charge >= 0.3 is 6.18 Å². The van der Waals surface area contributed by atoms with Crippen molar-refractivity contribution in [3.8, 4) is 5.69 Å². The van der Waals surface area contributed by atoms with Crippen LogP contribution in [0.1, 0.15) is 17.7 Å². The number of hydrogen-bond donors (Lipinski definition) is 2. The number of anilines is 1. The van der Waals surface area contributed by atoms with Gasteiger partial charge in [-0.3, -0.25) is 0 Å². The highest BCUT2D eigenvalue weighted by molar-refractivity contribution is 5.52. The summed E-state index contributed by atoms with van der Waals surface area (Å²) in [4.78, 5) is 0. The van der Waals surface area contributed by atoms with Crippen LogP contribution in [0.15, 0.2) is 30.5 Å². The largest absolute Gasteiger partial charge is 0.418 e. The predicted molar refractivity (Wildman–Crippen MR) is 75.5 cm³/mol. The molecule has 0 spiro atoms. The quantitative estimate of drug-likeness (QED) is 0.834. The molecule has 0 bridgehead atoms. The zero-order chi connectivity index (χ0) is 15.5. The Labute approximate surface area is 120 Å². The van der Waals surface area contributed by atoms with E-state index in [1.807, 2.05) is 0 Å². The molecule has 1 heterocycles. The Morgan fingerprint density at radius 3 is 2.67 bits per heavy atom. The number of hydrogen-bond acceptors (Lipinski definition) is 3. The Bertz CT molecular complexity index is 605. The smallest absolute Gasteiger partial charge is 0.382 e. The number of nitrogens with one attached hydrogen (secondary N) is 1. The molecule has 0 aliphatic carbocycles. The molecule has 0 aliphatic heterocycles. The van der Waals surface area contributed by atoms with Crippen LogP contribution in [-0.4, -0.2) is 22.9 Å². The molecule has 7 heteroatoms. The standard InChI is InChI=1S/C14H17F3N4/c1-10-12(19-8-4-7-18)9-20-21(10)13-6-3-2-5-11(13)14(15,16)17/h2-3,5-6,9,19H,4,7-8,18H2,1H3. The van der Waals surface area contributed by atoms with Crippen LogP contribution < -0.4 is 11.1 Å². The van der Waals surface area contributed by atoms with Crippen molar-refractivity contribution in [1.29, 1.82) is 0 Å². The third-order valence-electron chi connectivity index (χ3n) is 3.14. The van der Waals surface area contributed by atoms with Gasteiger partial charge in [-0.1, -0.05) is 12.1 Å². The van der Waals surface area contributed by atoms with Crippen molar-refractivity contribution in [2.45, 2.75) is 19.5 Å². The van der Waals surface area contributed by atoms with E-state index < -0.39 is 11.7 Å². The highest BCUT2D eigenvalue weighted by Crippen LogP contribution is 2.34. The average Bonchev–Trinajstić information content (AvgIpc) is 2.80. The van der Waals surface area contributed by atoms with E-state index in [9.17, 15) is 13.2 Å². The monoisotopic (exact) mass is 298 g/mol. The van der Waals surface area contributed by atoms with E-state index >= 15 is 0 Å². The summed E-state index contributed by atoms with van der Waals surface area (Å²) in [5.41, 5.74) is 6.06. The van der Waals surface area contributed by atoms with Gasteiger partial charge < -0.3 is 11.1 Å². The second-order valence-corrected chi connectivity index (χ2v) is 4.64. The Balaban J connectivity index is 2.36. The number of rotatable bonds is 5. The number of nitrogens with zero attached hydrogens (tertiary/aromatic N) is 2. The summed E-state index contributed by atoms with van der Waals surface area (Å²) in [6.07, 6.45) is -2.11. The second kappa shape index (κ2) is 6.17. The van der Waals surface area contributed by atoms with E-state index in [-0.39, 0.29) is 5.69 Å². The van der Waals surface area contributed by atoms with E-state index in [0.717, 1.165) is 12.5 Å². The lowest BCUT2D eigenvalue weighted by Crippen LogP contribution is -2.12. The minimum absolute atomic E-state index is 0.0226. The molecule has 0 radical (unpaired) electrons. The van der Waals surface area contributed by atoms with Gasteiger partial charge in [0.15, 0.2) is 0 Å². The predicted octanol–water partition coefficient (Wildman–Crippen LogP) is 2.96.